The number of phenolic OH excluding ortho intramolecular Hbond substituents is 1. The summed E-state index contributed by atoms with van der Waals surface area (Å²) in [6.07, 6.45) is 6.33. The zero-order valence-electron chi connectivity index (χ0n) is 8.64. The maximum atomic E-state index is 9.96. The van der Waals surface area contributed by atoms with Gasteiger partial charge >= 0.3 is 0 Å². The van der Waals surface area contributed by atoms with E-state index >= 15 is 0 Å². The van der Waals surface area contributed by atoms with Crippen LogP contribution in [-0.4, -0.2) is 5.11 Å². The first-order valence-corrected chi connectivity index (χ1v) is 5.55. The number of hydrogen-bond donors (Lipinski definition) is 1. The van der Waals surface area contributed by atoms with Crippen molar-refractivity contribution in [1.82, 2.24) is 0 Å². The molecule has 1 nitrogen and oxygen atoms in total. The normalized spacial score (nSPS) is 22.1. The highest BCUT2D eigenvalue weighted by Crippen LogP contribution is 2.58. The summed E-state index contributed by atoms with van der Waals surface area (Å²) in [5.41, 5.74) is 4.49. The van der Waals surface area contributed by atoms with Crippen molar-refractivity contribution < 1.29 is 5.11 Å². The second-order valence-corrected chi connectivity index (χ2v) is 4.89. The second kappa shape index (κ2) is 2.53. The fourth-order valence-electron chi connectivity index (χ4n) is 3.03. The zero-order chi connectivity index (χ0) is 9.76. The molecule has 1 saturated carbocycles. The van der Waals surface area contributed by atoms with Crippen molar-refractivity contribution in [3.63, 3.8) is 0 Å². The van der Waals surface area contributed by atoms with E-state index in [0.717, 1.165) is 6.42 Å². The van der Waals surface area contributed by atoms with Crippen molar-refractivity contribution >= 4 is 0 Å². The number of aryl methyl sites for hydroxylation is 1. The van der Waals surface area contributed by atoms with Crippen LogP contribution >= 0.6 is 0 Å². The Kier molecular flexibility index (Phi) is 1.51. The van der Waals surface area contributed by atoms with Crippen molar-refractivity contribution in [2.75, 3.05) is 0 Å². The van der Waals surface area contributed by atoms with Crippen LogP contribution in [0.4, 0.5) is 0 Å². The maximum absolute atomic E-state index is 9.96. The average molecular weight is 188 g/mol. The van der Waals surface area contributed by atoms with E-state index in [2.05, 4.69) is 13.0 Å². The first-order chi connectivity index (χ1) is 6.73. The van der Waals surface area contributed by atoms with Crippen LogP contribution in [0, 0.1) is 6.92 Å². The highest BCUT2D eigenvalue weighted by Gasteiger charge is 2.48. The van der Waals surface area contributed by atoms with Crippen LogP contribution in [0.5, 0.6) is 5.75 Å². The van der Waals surface area contributed by atoms with E-state index in [1.165, 1.54) is 42.4 Å². The van der Waals surface area contributed by atoms with Gasteiger partial charge in [-0.2, -0.15) is 0 Å². The third kappa shape index (κ3) is 0.956. The van der Waals surface area contributed by atoms with Crippen LogP contribution in [0.25, 0.3) is 0 Å². The Labute approximate surface area is 84.8 Å². The number of rotatable bonds is 0. The molecule has 0 radical (unpaired) electrons. The summed E-state index contributed by atoms with van der Waals surface area (Å²) in [6, 6.07) is 3.93. The second-order valence-electron chi connectivity index (χ2n) is 4.89. The molecule has 0 heterocycles. The van der Waals surface area contributed by atoms with Crippen molar-refractivity contribution in [2.24, 2.45) is 0 Å². The molecule has 0 atom stereocenters. The minimum atomic E-state index is 0.393. The van der Waals surface area contributed by atoms with Crippen molar-refractivity contribution in [3.05, 3.63) is 28.8 Å². The lowest BCUT2D eigenvalue weighted by molar-refractivity contribution is 0.439. The largest absolute Gasteiger partial charge is 0.508 e. The van der Waals surface area contributed by atoms with Gasteiger partial charge in [-0.25, -0.2) is 0 Å². The first-order valence-electron chi connectivity index (χ1n) is 5.55. The molecule has 1 aromatic rings. The van der Waals surface area contributed by atoms with Gasteiger partial charge in [0.2, 0.25) is 0 Å². The Morgan fingerprint density at radius 1 is 1.21 bits per heavy atom. The summed E-state index contributed by atoms with van der Waals surface area (Å²) in [4.78, 5) is 0. The van der Waals surface area contributed by atoms with E-state index < -0.39 is 0 Å². The molecule has 14 heavy (non-hydrogen) atoms. The lowest BCUT2D eigenvalue weighted by Gasteiger charge is -2.27. The van der Waals surface area contributed by atoms with Gasteiger partial charge in [0.15, 0.2) is 0 Å². The first kappa shape index (κ1) is 8.34. The molecule has 0 bridgehead atoms. The van der Waals surface area contributed by atoms with Gasteiger partial charge < -0.3 is 5.11 Å². The minimum Gasteiger partial charge on any atom is -0.508 e. The number of hydrogen-bond acceptors (Lipinski definition) is 1. The average Bonchev–Trinajstić information content (AvgIpc) is 2.92. The maximum Gasteiger partial charge on any atom is 0.119 e. The minimum absolute atomic E-state index is 0.393. The van der Waals surface area contributed by atoms with E-state index in [4.69, 9.17) is 0 Å². The fourth-order valence-corrected chi connectivity index (χ4v) is 3.03. The van der Waals surface area contributed by atoms with Gasteiger partial charge in [0.25, 0.3) is 0 Å². The van der Waals surface area contributed by atoms with E-state index in [1.807, 2.05) is 6.07 Å². The molecule has 1 heteroatoms. The molecular formula is C13H16O. The standard InChI is InChI=1S/C13H16O/c1-9-4-5-11(14)12-10(9)3-2-6-13(12)7-8-13/h4-5,14H,2-3,6-8H2,1H3. The molecule has 1 fully saturated rings. The topological polar surface area (TPSA) is 20.2 Å². The highest BCUT2D eigenvalue weighted by molar-refractivity contribution is 5.52. The zero-order valence-corrected chi connectivity index (χ0v) is 8.64. The summed E-state index contributed by atoms with van der Waals surface area (Å²) in [5, 5.41) is 9.96. The molecule has 1 N–H and O–H groups in total. The SMILES string of the molecule is Cc1ccc(O)c2c1CCCC21CC1. The van der Waals surface area contributed by atoms with Crippen LogP contribution in [0.3, 0.4) is 0 Å². The summed E-state index contributed by atoms with van der Waals surface area (Å²) in [6.45, 7) is 2.17. The lowest BCUT2D eigenvalue weighted by atomic mass is 9.78. The quantitative estimate of drug-likeness (QED) is 0.663. The predicted octanol–water partition coefficient (Wildman–Crippen LogP) is 3.07. The van der Waals surface area contributed by atoms with Gasteiger partial charge in [0.05, 0.1) is 0 Å². The highest BCUT2D eigenvalue weighted by atomic mass is 16.3. The van der Waals surface area contributed by atoms with Gasteiger partial charge in [-0.15, -0.1) is 0 Å². The van der Waals surface area contributed by atoms with Gasteiger partial charge in [0, 0.05) is 5.56 Å². The Morgan fingerprint density at radius 2 is 2.00 bits per heavy atom. The lowest BCUT2D eigenvalue weighted by Crippen LogP contribution is -2.17. The third-order valence-electron chi connectivity index (χ3n) is 3.99. The summed E-state index contributed by atoms with van der Waals surface area (Å²) < 4.78 is 0. The van der Waals surface area contributed by atoms with Crippen LogP contribution < -0.4 is 0 Å². The van der Waals surface area contributed by atoms with Crippen molar-refractivity contribution in [3.8, 4) is 5.75 Å². The van der Waals surface area contributed by atoms with Gasteiger partial charge in [-0.3, -0.25) is 0 Å². The van der Waals surface area contributed by atoms with Crippen LogP contribution in [0.1, 0.15) is 42.4 Å². The van der Waals surface area contributed by atoms with Crippen LogP contribution in [-0.2, 0) is 11.8 Å². The van der Waals surface area contributed by atoms with Gasteiger partial charge in [-0.1, -0.05) is 6.07 Å². The van der Waals surface area contributed by atoms with Gasteiger partial charge in [0.1, 0.15) is 5.75 Å². The number of aromatic hydroxyl groups is 1. The van der Waals surface area contributed by atoms with E-state index in [-0.39, 0.29) is 0 Å². The molecule has 1 aromatic carbocycles. The van der Waals surface area contributed by atoms with Gasteiger partial charge in [-0.05, 0) is 61.6 Å². The Balaban J connectivity index is 2.25. The number of fused-ring (bicyclic) bond motifs is 2. The summed E-state index contributed by atoms with van der Waals surface area (Å²) >= 11 is 0. The molecule has 0 aliphatic heterocycles. The molecular weight excluding hydrogens is 172 g/mol. The molecule has 0 amide bonds. The molecule has 74 valence electrons. The molecule has 3 rings (SSSR count). The predicted molar refractivity (Wildman–Crippen MR) is 56.7 cm³/mol. The number of benzene rings is 1. The molecule has 0 saturated heterocycles. The molecule has 0 unspecified atom stereocenters. The van der Waals surface area contributed by atoms with Crippen LogP contribution in [0.2, 0.25) is 0 Å². The Hall–Kier alpha value is -0.980. The molecule has 0 aromatic heterocycles. The van der Waals surface area contributed by atoms with Crippen molar-refractivity contribution in [1.29, 1.82) is 0 Å². The van der Waals surface area contributed by atoms with Crippen LogP contribution in [0.15, 0.2) is 12.1 Å². The summed E-state index contributed by atoms with van der Waals surface area (Å²) in [7, 11) is 0. The monoisotopic (exact) mass is 188 g/mol. The van der Waals surface area contributed by atoms with E-state index in [1.54, 1.807) is 0 Å². The summed E-state index contributed by atoms with van der Waals surface area (Å²) in [5.74, 6) is 0.544. The fraction of sp³-hybridized carbons (Fsp3) is 0.538. The molecule has 2 aliphatic rings. The van der Waals surface area contributed by atoms with E-state index in [9.17, 15) is 5.11 Å². The third-order valence-corrected chi connectivity index (χ3v) is 3.99. The molecule has 1 spiro atoms. The molecule has 2 aliphatic carbocycles. The number of phenols is 1. The Bertz CT molecular complexity index is 388. The van der Waals surface area contributed by atoms with E-state index in [0.29, 0.717) is 11.2 Å². The Morgan fingerprint density at radius 3 is 2.71 bits per heavy atom. The van der Waals surface area contributed by atoms with Crippen molar-refractivity contribution in [2.45, 2.75) is 44.4 Å². The smallest absolute Gasteiger partial charge is 0.119 e.